The van der Waals surface area contributed by atoms with Crippen LogP contribution in [0, 0.1) is 26.6 Å². The van der Waals surface area contributed by atoms with Gasteiger partial charge in [-0.05, 0) is 51.1 Å². The van der Waals surface area contributed by atoms with Gasteiger partial charge in [0.2, 0.25) is 5.91 Å². The molecule has 0 aliphatic heterocycles. The number of hydrogen-bond donors (Lipinski definition) is 2. The minimum atomic E-state index is -0.763. The van der Waals surface area contributed by atoms with Crippen molar-refractivity contribution in [3.05, 3.63) is 76.3 Å². The summed E-state index contributed by atoms with van der Waals surface area (Å²) in [6.07, 6.45) is 1.60. The first kappa shape index (κ1) is 18.4. The molecule has 7 heteroatoms. The van der Waals surface area contributed by atoms with E-state index < -0.39 is 17.6 Å². The Bertz CT molecular complexity index is 1020. The molecule has 0 aliphatic rings. The van der Waals surface area contributed by atoms with Crippen molar-refractivity contribution in [1.82, 2.24) is 4.57 Å². The summed E-state index contributed by atoms with van der Waals surface area (Å²) >= 11 is 0. The third kappa shape index (κ3) is 3.62. The van der Waals surface area contributed by atoms with E-state index in [9.17, 15) is 14.0 Å². The molecule has 0 unspecified atom stereocenters. The molecule has 1 aromatic carbocycles. The zero-order valence-electron chi connectivity index (χ0n) is 15.3. The Balaban J connectivity index is 1.90. The highest BCUT2D eigenvalue weighted by Crippen LogP contribution is 2.23. The maximum Gasteiger partial charge on any atom is 0.257 e. The average Bonchev–Trinajstić information content (AvgIpc) is 3.22. The summed E-state index contributed by atoms with van der Waals surface area (Å²) in [4.78, 5) is 24.1. The molecule has 2 heterocycles. The summed E-state index contributed by atoms with van der Waals surface area (Å²) in [5.41, 5.74) is 7.78. The summed E-state index contributed by atoms with van der Waals surface area (Å²) in [5.74, 6) is -0.986. The molecule has 0 radical (unpaired) electrons. The summed E-state index contributed by atoms with van der Waals surface area (Å²) in [5, 5.41) is 2.68. The molecular formula is C20H20FN3O3. The molecule has 2 amide bonds. The second-order valence-corrected chi connectivity index (χ2v) is 6.40. The Kier molecular flexibility index (Phi) is 4.85. The molecule has 0 bridgehead atoms. The van der Waals surface area contributed by atoms with Gasteiger partial charge in [-0.15, -0.1) is 0 Å². The standard InChI is InChI=1S/C20H20FN3O3/c1-11-7-16(13(3)24(11)10-15-5-4-6-27-15)20(26)23-18-9-14(19(22)25)8-17(21)12(18)2/h4-9H,10H2,1-3H3,(H2,22,25)(H,23,26). The molecule has 0 saturated heterocycles. The van der Waals surface area contributed by atoms with E-state index in [1.807, 2.05) is 24.5 Å². The van der Waals surface area contributed by atoms with Gasteiger partial charge in [0.1, 0.15) is 11.6 Å². The Morgan fingerprint density at radius 3 is 2.59 bits per heavy atom. The van der Waals surface area contributed by atoms with Crippen molar-refractivity contribution in [3.63, 3.8) is 0 Å². The normalized spacial score (nSPS) is 10.8. The first-order valence-electron chi connectivity index (χ1n) is 8.38. The fourth-order valence-corrected chi connectivity index (χ4v) is 2.97. The van der Waals surface area contributed by atoms with E-state index in [2.05, 4.69) is 5.32 Å². The predicted octanol–water partition coefficient (Wildman–Crippen LogP) is 3.54. The third-order valence-electron chi connectivity index (χ3n) is 4.59. The lowest BCUT2D eigenvalue weighted by Gasteiger charge is -2.11. The molecule has 2 aromatic heterocycles. The van der Waals surface area contributed by atoms with Gasteiger partial charge < -0.3 is 20.0 Å². The van der Waals surface area contributed by atoms with Gasteiger partial charge in [0.25, 0.3) is 5.91 Å². The molecule has 3 N–H and O–H groups in total. The minimum absolute atomic E-state index is 0.00306. The van der Waals surface area contributed by atoms with Crippen molar-refractivity contribution in [2.45, 2.75) is 27.3 Å². The van der Waals surface area contributed by atoms with Gasteiger partial charge in [0.05, 0.1) is 18.4 Å². The monoisotopic (exact) mass is 369 g/mol. The van der Waals surface area contributed by atoms with Gasteiger partial charge in [-0.3, -0.25) is 9.59 Å². The largest absolute Gasteiger partial charge is 0.467 e. The van der Waals surface area contributed by atoms with Crippen molar-refractivity contribution in [3.8, 4) is 0 Å². The summed E-state index contributed by atoms with van der Waals surface area (Å²) in [7, 11) is 0. The number of nitrogens with two attached hydrogens (primary N) is 1. The quantitative estimate of drug-likeness (QED) is 0.721. The number of carbonyl (C=O) groups is 2. The Morgan fingerprint density at radius 2 is 1.96 bits per heavy atom. The number of hydrogen-bond acceptors (Lipinski definition) is 3. The smallest absolute Gasteiger partial charge is 0.257 e. The van der Waals surface area contributed by atoms with Crippen LogP contribution in [-0.4, -0.2) is 16.4 Å². The van der Waals surface area contributed by atoms with Crippen LogP contribution in [0.4, 0.5) is 10.1 Å². The molecule has 0 atom stereocenters. The van der Waals surface area contributed by atoms with Gasteiger partial charge in [0.15, 0.2) is 0 Å². The highest BCUT2D eigenvalue weighted by Gasteiger charge is 2.19. The van der Waals surface area contributed by atoms with Gasteiger partial charge in [-0.25, -0.2) is 4.39 Å². The molecule has 6 nitrogen and oxygen atoms in total. The summed E-state index contributed by atoms with van der Waals surface area (Å²) in [6.45, 7) is 5.75. The van der Waals surface area contributed by atoms with E-state index in [4.69, 9.17) is 10.2 Å². The number of rotatable bonds is 5. The molecule has 0 saturated carbocycles. The molecule has 0 fully saturated rings. The van der Waals surface area contributed by atoms with Crippen LogP contribution in [0.15, 0.2) is 41.0 Å². The van der Waals surface area contributed by atoms with Crippen molar-refractivity contribution in [2.24, 2.45) is 5.73 Å². The fraction of sp³-hybridized carbons (Fsp3) is 0.200. The number of carbonyl (C=O) groups excluding carboxylic acids is 2. The number of aromatic nitrogens is 1. The van der Waals surface area contributed by atoms with Crippen LogP contribution in [0.2, 0.25) is 0 Å². The van der Waals surface area contributed by atoms with E-state index in [1.165, 1.54) is 13.0 Å². The minimum Gasteiger partial charge on any atom is -0.467 e. The van der Waals surface area contributed by atoms with Crippen molar-refractivity contribution in [1.29, 1.82) is 0 Å². The van der Waals surface area contributed by atoms with Crippen LogP contribution >= 0.6 is 0 Å². The number of primary amides is 1. The van der Waals surface area contributed by atoms with Crippen LogP contribution in [0.1, 0.15) is 43.4 Å². The molecular weight excluding hydrogens is 349 g/mol. The zero-order chi connectivity index (χ0) is 19.7. The van der Waals surface area contributed by atoms with Crippen molar-refractivity contribution < 1.29 is 18.4 Å². The maximum atomic E-state index is 14.0. The molecule has 140 valence electrons. The second-order valence-electron chi connectivity index (χ2n) is 6.40. The highest BCUT2D eigenvalue weighted by atomic mass is 19.1. The lowest BCUT2D eigenvalue weighted by molar-refractivity contribution is 0.0995. The fourth-order valence-electron chi connectivity index (χ4n) is 2.97. The first-order valence-corrected chi connectivity index (χ1v) is 8.38. The number of furan rings is 1. The van der Waals surface area contributed by atoms with Gasteiger partial charge in [-0.1, -0.05) is 0 Å². The number of anilines is 1. The third-order valence-corrected chi connectivity index (χ3v) is 4.59. The van der Waals surface area contributed by atoms with Gasteiger partial charge >= 0.3 is 0 Å². The van der Waals surface area contributed by atoms with E-state index in [1.54, 1.807) is 18.4 Å². The maximum absolute atomic E-state index is 14.0. The SMILES string of the molecule is Cc1c(F)cc(C(N)=O)cc1NC(=O)c1cc(C)n(Cc2ccco2)c1C. The van der Waals surface area contributed by atoms with Crippen LogP contribution in [-0.2, 0) is 6.54 Å². The van der Waals surface area contributed by atoms with E-state index in [-0.39, 0.29) is 16.8 Å². The predicted molar refractivity (Wildman–Crippen MR) is 99.3 cm³/mol. The highest BCUT2D eigenvalue weighted by molar-refractivity contribution is 6.06. The molecule has 0 spiro atoms. The van der Waals surface area contributed by atoms with E-state index in [0.29, 0.717) is 12.1 Å². The number of nitrogens with zero attached hydrogens (tertiary/aromatic N) is 1. The average molecular weight is 369 g/mol. The number of nitrogens with one attached hydrogen (secondary N) is 1. The van der Waals surface area contributed by atoms with E-state index in [0.717, 1.165) is 23.2 Å². The Labute approximate surface area is 155 Å². The number of aryl methyl sites for hydroxylation is 1. The Morgan fingerprint density at radius 1 is 1.22 bits per heavy atom. The Hall–Kier alpha value is -3.35. The molecule has 27 heavy (non-hydrogen) atoms. The molecule has 3 rings (SSSR count). The van der Waals surface area contributed by atoms with Crippen molar-refractivity contribution >= 4 is 17.5 Å². The first-order chi connectivity index (χ1) is 12.8. The molecule has 0 aliphatic carbocycles. The summed E-state index contributed by atoms with van der Waals surface area (Å²) in [6, 6.07) is 7.86. The number of amides is 2. The van der Waals surface area contributed by atoms with Crippen LogP contribution in [0.25, 0.3) is 0 Å². The van der Waals surface area contributed by atoms with Crippen LogP contribution in [0.5, 0.6) is 0 Å². The van der Waals surface area contributed by atoms with Gasteiger partial charge in [0, 0.05) is 28.2 Å². The second kappa shape index (κ2) is 7.11. The van der Waals surface area contributed by atoms with Crippen molar-refractivity contribution in [2.75, 3.05) is 5.32 Å². The van der Waals surface area contributed by atoms with Crippen LogP contribution in [0.3, 0.4) is 0 Å². The summed E-state index contributed by atoms with van der Waals surface area (Å²) < 4.78 is 21.4. The topological polar surface area (TPSA) is 90.3 Å². The number of halogens is 1. The van der Waals surface area contributed by atoms with Crippen LogP contribution < -0.4 is 11.1 Å². The molecule has 3 aromatic rings. The van der Waals surface area contributed by atoms with E-state index >= 15 is 0 Å². The number of benzene rings is 1. The van der Waals surface area contributed by atoms with Gasteiger partial charge in [-0.2, -0.15) is 0 Å². The lowest BCUT2D eigenvalue weighted by atomic mass is 10.1. The lowest BCUT2D eigenvalue weighted by Crippen LogP contribution is -2.17. The zero-order valence-corrected chi connectivity index (χ0v) is 15.3.